The van der Waals surface area contributed by atoms with E-state index >= 15 is 0 Å². The van der Waals surface area contributed by atoms with Crippen molar-refractivity contribution in [3.63, 3.8) is 0 Å². The number of carbonyl (C=O) groups is 2. The standard InChI is InChI=1S/C23H28N2O2/c1-3-17-8-14-20(15-9-17)24-22(26)18-10-12-19(13-11-18)23(27)25-21-7-5-4-6-16(21)2/h4-9,14-15,18-19H,3,10-13H2,1-2H3,(H,24,26)(H,25,27). The molecule has 2 aromatic carbocycles. The van der Waals surface area contributed by atoms with Crippen molar-refractivity contribution in [2.75, 3.05) is 10.6 Å². The molecule has 1 fully saturated rings. The molecule has 0 atom stereocenters. The molecule has 0 bridgehead atoms. The third-order valence-electron chi connectivity index (χ3n) is 5.50. The van der Waals surface area contributed by atoms with E-state index < -0.39 is 0 Å². The van der Waals surface area contributed by atoms with E-state index in [1.54, 1.807) is 0 Å². The van der Waals surface area contributed by atoms with Crippen molar-refractivity contribution in [1.29, 1.82) is 0 Å². The van der Waals surface area contributed by atoms with E-state index in [2.05, 4.69) is 17.6 Å². The van der Waals surface area contributed by atoms with Crippen molar-refractivity contribution in [2.24, 2.45) is 11.8 Å². The summed E-state index contributed by atoms with van der Waals surface area (Å²) in [7, 11) is 0. The monoisotopic (exact) mass is 364 g/mol. The molecule has 0 heterocycles. The lowest BCUT2D eigenvalue weighted by Crippen LogP contribution is -2.32. The highest BCUT2D eigenvalue weighted by Crippen LogP contribution is 2.31. The molecule has 27 heavy (non-hydrogen) atoms. The highest BCUT2D eigenvalue weighted by atomic mass is 16.2. The third-order valence-corrected chi connectivity index (χ3v) is 5.50. The van der Waals surface area contributed by atoms with Crippen molar-refractivity contribution >= 4 is 23.2 Å². The third kappa shape index (κ3) is 4.97. The Morgan fingerprint density at radius 2 is 1.41 bits per heavy atom. The van der Waals surface area contributed by atoms with E-state index in [9.17, 15) is 9.59 Å². The van der Waals surface area contributed by atoms with E-state index in [0.29, 0.717) is 0 Å². The maximum absolute atomic E-state index is 12.5. The fourth-order valence-electron chi connectivity index (χ4n) is 3.63. The molecule has 4 nitrogen and oxygen atoms in total. The summed E-state index contributed by atoms with van der Waals surface area (Å²) in [6, 6.07) is 15.8. The highest BCUT2D eigenvalue weighted by molar-refractivity contribution is 5.94. The van der Waals surface area contributed by atoms with Crippen LogP contribution in [0.2, 0.25) is 0 Å². The lowest BCUT2D eigenvalue weighted by Gasteiger charge is -2.27. The zero-order valence-electron chi connectivity index (χ0n) is 16.1. The summed E-state index contributed by atoms with van der Waals surface area (Å²) in [5.74, 6) is 0.103. The topological polar surface area (TPSA) is 58.2 Å². The summed E-state index contributed by atoms with van der Waals surface area (Å²) < 4.78 is 0. The van der Waals surface area contributed by atoms with Gasteiger partial charge in [-0.1, -0.05) is 37.3 Å². The van der Waals surface area contributed by atoms with E-state index in [1.807, 2.05) is 55.5 Å². The predicted octanol–water partition coefficient (Wildman–Crippen LogP) is 4.94. The van der Waals surface area contributed by atoms with Crippen molar-refractivity contribution in [2.45, 2.75) is 46.0 Å². The lowest BCUT2D eigenvalue weighted by molar-refractivity contribution is -0.125. The average Bonchev–Trinajstić information content (AvgIpc) is 2.70. The Bertz CT molecular complexity index is 790. The Labute approximate surface area is 161 Å². The lowest BCUT2D eigenvalue weighted by atomic mass is 9.81. The first kappa shape index (κ1) is 19.2. The molecule has 0 saturated heterocycles. The number of nitrogens with one attached hydrogen (secondary N) is 2. The second-order valence-corrected chi connectivity index (χ2v) is 7.39. The molecular formula is C23H28N2O2. The minimum atomic E-state index is -0.0162. The molecule has 1 aliphatic carbocycles. The molecule has 142 valence electrons. The first-order chi connectivity index (χ1) is 13.1. The first-order valence-corrected chi connectivity index (χ1v) is 9.83. The van der Waals surface area contributed by atoms with Gasteiger partial charge in [-0.2, -0.15) is 0 Å². The second kappa shape index (κ2) is 8.85. The van der Waals surface area contributed by atoms with E-state index in [1.165, 1.54) is 5.56 Å². The molecule has 0 aliphatic heterocycles. The Morgan fingerprint density at radius 3 is 1.96 bits per heavy atom. The van der Waals surface area contributed by atoms with Crippen LogP contribution in [0.5, 0.6) is 0 Å². The molecular weight excluding hydrogens is 336 g/mol. The average molecular weight is 364 g/mol. The van der Waals surface area contributed by atoms with Crippen LogP contribution in [-0.4, -0.2) is 11.8 Å². The van der Waals surface area contributed by atoms with Gasteiger partial charge >= 0.3 is 0 Å². The van der Waals surface area contributed by atoms with Gasteiger partial charge in [-0.25, -0.2) is 0 Å². The van der Waals surface area contributed by atoms with Crippen molar-refractivity contribution < 1.29 is 9.59 Å². The van der Waals surface area contributed by atoms with Gasteiger partial charge < -0.3 is 10.6 Å². The number of para-hydroxylation sites is 1. The van der Waals surface area contributed by atoms with Gasteiger partial charge in [-0.15, -0.1) is 0 Å². The van der Waals surface area contributed by atoms with Crippen molar-refractivity contribution in [3.05, 3.63) is 59.7 Å². The van der Waals surface area contributed by atoms with E-state index in [-0.39, 0.29) is 23.7 Å². The highest BCUT2D eigenvalue weighted by Gasteiger charge is 2.30. The van der Waals surface area contributed by atoms with Crippen LogP contribution in [0.15, 0.2) is 48.5 Å². The molecule has 1 saturated carbocycles. The summed E-state index contributed by atoms with van der Waals surface area (Å²) in [6.07, 6.45) is 4.01. The summed E-state index contributed by atoms with van der Waals surface area (Å²) >= 11 is 0. The fourth-order valence-corrected chi connectivity index (χ4v) is 3.63. The maximum Gasteiger partial charge on any atom is 0.227 e. The van der Waals surface area contributed by atoms with Crippen LogP contribution in [0, 0.1) is 18.8 Å². The number of carbonyl (C=O) groups excluding carboxylic acids is 2. The number of benzene rings is 2. The minimum Gasteiger partial charge on any atom is -0.326 e. The number of hydrogen-bond acceptors (Lipinski definition) is 2. The van der Waals surface area contributed by atoms with Crippen LogP contribution in [0.1, 0.15) is 43.7 Å². The van der Waals surface area contributed by atoms with E-state index in [4.69, 9.17) is 0 Å². The van der Waals surface area contributed by atoms with Crippen molar-refractivity contribution in [3.8, 4) is 0 Å². The van der Waals surface area contributed by atoms with E-state index in [0.717, 1.165) is 49.0 Å². The molecule has 2 aromatic rings. The largest absolute Gasteiger partial charge is 0.326 e. The van der Waals surface area contributed by atoms with Crippen molar-refractivity contribution in [1.82, 2.24) is 0 Å². The van der Waals surface area contributed by atoms with Gasteiger partial charge in [-0.3, -0.25) is 9.59 Å². The molecule has 3 rings (SSSR count). The number of rotatable bonds is 5. The predicted molar refractivity (Wildman–Crippen MR) is 110 cm³/mol. The molecule has 2 N–H and O–H groups in total. The van der Waals surface area contributed by atoms with Gasteiger partial charge in [-0.05, 0) is 68.4 Å². The first-order valence-electron chi connectivity index (χ1n) is 9.83. The fraction of sp³-hybridized carbons (Fsp3) is 0.391. The Kier molecular flexibility index (Phi) is 6.28. The smallest absolute Gasteiger partial charge is 0.227 e. The summed E-state index contributed by atoms with van der Waals surface area (Å²) in [5, 5.41) is 6.05. The summed E-state index contributed by atoms with van der Waals surface area (Å²) in [4.78, 5) is 25.1. The second-order valence-electron chi connectivity index (χ2n) is 7.39. The molecule has 0 spiro atoms. The maximum atomic E-state index is 12.5. The zero-order chi connectivity index (χ0) is 19.2. The molecule has 4 heteroatoms. The number of hydrogen-bond donors (Lipinski definition) is 2. The Morgan fingerprint density at radius 1 is 0.852 bits per heavy atom. The zero-order valence-corrected chi connectivity index (χ0v) is 16.1. The van der Waals surface area contributed by atoms with Crippen LogP contribution < -0.4 is 10.6 Å². The van der Waals surface area contributed by atoms with Crippen LogP contribution in [0.3, 0.4) is 0 Å². The number of anilines is 2. The quantitative estimate of drug-likeness (QED) is 0.789. The Balaban J connectivity index is 1.49. The van der Waals surface area contributed by atoms with Gasteiger partial charge in [0.15, 0.2) is 0 Å². The minimum absolute atomic E-state index is 0.0154. The van der Waals surface area contributed by atoms with Gasteiger partial charge in [0.25, 0.3) is 0 Å². The Hall–Kier alpha value is -2.62. The van der Waals surface area contributed by atoms with Gasteiger partial charge in [0, 0.05) is 23.2 Å². The van der Waals surface area contributed by atoms with Crippen LogP contribution in [-0.2, 0) is 16.0 Å². The molecule has 0 aromatic heterocycles. The SMILES string of the molecule is CCc1ccc(NC(=O)C2CCC(C(=O)Nc3ccccc3C)CC2)cc1. The molecule has 1 aliphatic rings. The summed E-state index contributed by atoms with van der Waals surface area (Å²) in [6.45, 7) is 4.10. The van der Waals surface area contributed by atoms with Gasteiger partial charge in [0.2, 0.25) is 11.8 Å². The van der Waals surface area contributed by atoms with Crippen LogP contribution in [0.25, 0.3) is 0 Å². The van der Waals surface area contributed by atoms with Gasteiger partial charge in [0.1, 0.15) is 0 Å². The summed E-state index contributed by atoms with van der Waals surface area (Å²) in [5.41, 5.74) is 4.04. The normalized spacial score (nSPS) is 19.3. The van der Waals surface area contributed by atoms with Crippen LogP contribution in [0.4, 0.5) is 11.4 Å². The van der Waals surface area contributed by atoms with Gasteiger partial charge in [0.05, 0.1) is 0 Å². The molecule has 0 radical (unpaired) electrons. The number of aryl methyl sites for hydroxylation is 2. The van der Waals surface area contributed by atoms with Crippen LogP contribution >= 0.6 is 0 Å². The number of amides is 2. The molecule has 0 unspecified atom stereocenters. The molecule has 2 amide bonds.